The molecule has 0 radical (unpaired) electrons. The number of aryl methyl sites for hydroxylation is 2. The zero-order chi connectivity index (χ0) is 19.3. The number of para-hydroxylation sites is 1. The summed E-state index contributed by atoms with van der Waals surface area (Å²) in [5.74, 6) is -0.943. The van der Waals surface area contributed by atoms with Crippen molar-refractivity contribution in [3.63, 3.8) is 0 Å². The Bertz CT molecular complexity index is 858. The maximum Gasteiger partial charge on any atom is 0.243 e. The van der Waals surface area contributed by atoms with Crippen LogP contribution in [-0.4, -0.2) is 32.2 Å². The van der Waals surface area contributed by atoms with Crippen molar-refractivity contribution in [2.75, 3.05) is 18.9 Å². The molecule has 5 nitrogen and oxygen atoms in total. The molecular formula is C19H23FN2O3S. The van der Waals surface area contributed by atoms with Crippen LogP contribution in [0.2, 0.25) is 0 Å². The van der Waals surface area contributed by atoms with E-state index in [2.05, 4.69) is 5.32 Å². The first-order valence-corrected chi connectivity index (χ1v) is 9.86. The molecule has 26 heavy (non-hydrogen) atoms. The second-order valence-electron chi connectivity index (χ2n) is 5.92. The van der Waals surface area contributed by atoms with E-state index < -0.39 is 21.7 Å². The number of carbonyl (C=O) groups is 1. The molecule has 7 heteroatoms. The largest absolute Gasteiger partial charge is 0.324 e. The molecule has 0 saturated carbocycles. The summed E-state index contributed by atoms with van der Waals surface area (Å²) < 4.78 is 39.0. The summed E-state index contributed by atoms with van der Waals surface area (Å²) in [6.07, 6.45) is 1.51. The minimum atomic E-state index is -3.87. The Morgan fingerprint density at radius 1 is 1.04 bits per heavy atom. The molecule has 0 bridgehead atoms. The summed E-state index contributed by atoms with van der Waals surface area (Å²) in [7, 11) is -2.54. The highest BCUT2D eigenvalue weighted by atomic mass is 32.2. The van der Waals surface area contributed by atoms with Gasteiger partial charge in [0, 0.05) is 12.7 Å². The van der Waals surface area contributed by atoms with Gasteiger partial charge in [-0.1, -0.05) is 32.0 Å². The quantitative estimate of drug-likeness (QED) is 0.804. The maximum absolute atomic E-state index is 13.0. The van der Waals surface area contributed by atoms with Crippen LogP contribution >= 0.6 is 0 Å². The number of halogens is 1. The molecule has 0 atom stereocenters. The van der Waals surface area contributed by atoms with Gasteiger partial charge < -0.3 is 5.32 Å². The zero-order valence-corrected chi connectivity index (χ0v) is 15.9. The molecule has 2 aromatic carbocycles. The van der Waals surface area contributed by atoms with Crippen LogP contribution in [0.15, 0.2) is 47.4 Å². The lowest BCUT2D eigenvalue weighted by molar-refractivity contribution is -0.116. The van der Waals surface area contributed by atoms with E-state index in [1.807, 2.05) is 32.0 Å². The van der Waals surface area contributed by atoms with E-state index in [9.17, 15) is 17.6 Å². The fraction of sp³-hybridized carbons (Fsp3) is 0.316. The van der Waals surface area contributed by atoms with E-state index >= 15 is 0 Å². The van der Waals surface area contributed by atoms with Crippen molar-refractivity contribution in [1.82, 2.24) is 4.31 Å². The zero-order valence-electron chi connectivity index (χ0n) is 15.1. The lowest BCUT2D eigenvalue weighted by Crippen LogP contribution is -2.35. The van der Waals surface area contributed by atoms with Gasteiger partial charge in [0.2, 0.25) is 15.9 Å². The second-order valence-corrected chi connectivity index (χ2v) is 7.97. The predicted molar refractivity (Wildman–Crippen MR) is 100 cm³/mol. The van der Waals surface area contributed by atoms with Crippen molar-refractivity contribution in [3.8, 4) is 0 Å². The van der Waals surface area contributed by atoms with Crippen LogP contribution in [0.3, 0.4) is 0 Å². The molecule has 0 heterocycles. The smallest absolute Gasteiger partial charge is 0.243 e. The van der Waals surface area contributed by atoms with E-state index in [4.69, 9.17) is 0 Å². The number of sulfonamides is 1. The van der Waals surface area contributed by atoms with Gasteiger partial charge in [0.05, 0.1) is 11.4 Å². The molecule has 0 aliphatic heterocycles. The second kappa shape index (κ2) is 8.42. The third-order valence-electron chi connectivity index (χ3n) is 4.15. The molecule has 2 aromatic rings. The summed E-state index contributed by atoms with van der Waals surface area (Å²) in [4.78, 5) is 12.4. The molecule has 2 rings (SSSR count). The van der Waals surface area contributed by atoms with Crippen LogP contribution in [0, 0.1) is 5.82 Å². The Labute approximate surface area is 153 Å². The third kappa shape index (κ3) is 4.47. The minimum Gasteiger partial charge on any atom is -0.324 e. The lowest BCUT2D eigenvalue weighted by atomic mass is 10.0. The first-order chi connectivity index (χ1) is 12.3. The standard InChI is InChI=1S/C19H23FN2O3S/c1-4-14-7-6-8-15(5-2)19(14)21-18(23)13-22(3)26(24,25)17-11-9-16(20)10-12-17/h6-12H,4-5,13H2,1-3H3,(H,21,23). The van der Waals surface area contributed by atoms with E-state index in [0.717, 1.165) is 46.1 Å². The average molecular weight is 378 g/mol. The van der Waals surface area contributed by atoms with Crippen molar-refractivity contribution in [2.45, 2.75) is 31.6 Å². The van der Waals surface area contributed by atoms with Crippen molar-refractivity contribution < 1.29 is 17.6 Å². The summed E-state index contributed by atoms with van der Waals surface area (Å²) in [6.45, 7) is 3.66. The number of nitrogens with one attached hydrogen (secondary N) is 1. The molecule has 0 aromatic heterocycles. The highest BCUT2D eigenvalue weighted by Crippen LogP contribution is 2.23. The Morgan fingerprint density at radius 2 is 1.58 bits per heavy atom. The Kier molecular flexibility index (Phi) is 6.50. The number of nitrogens with zero attached hydrogens (tertiary/aromatic N) is 1. The van der Waals surface area contributed by atoms with E-state index in [0.29, 0.717) is 0 Å². The van der Waals surface area contributed by atoms with Crippen LogP contribution in [0.4, 0.5) is 10.1 Å². The summed E-state index contributed by atoms with van der Waals surface area (Å²) in [5.41, 5.74) is 2.75. The van der Waals surface area contributed by atoms with Gasteiger partial charge in [-0.15, -0.1) is 0 Å². The third-order valence-corrected chi connectivity index (χ3v) is 5.97. The maximum atomic E-state index is 13.0. The molecule has 0 aliphatic rings. The number of hydrogen-bond acceptors (Lipinski definition) is 3. The van der Waals surface area contributed by atoms with Gasteiger partial charge in [0.25, 0.3) is 0 Å². The van der Waals surface area contributed by atoms with Gasteiger partial charge >= 0.3 is 0 Å². The van der Waals surface area contributed by atoms with Crippen molar-refractivity contribution in [3.05, 3.63) is 59.4 Å². The van der Waals surface area contributed by atoms with Crippen LogP contribution in [-0.2, 0) is 27.7 Å². The van der Waals surface area contributed by atoms with Crippen LogP contribution in [0.25, 0.3) is 0 Å². The van der Waals surface area contributed by atoms with Gasteiger partial charge in [0.1, 0.15) is 5.82 Å². The lowest BCUT2D eigenvalue weighted by Gasteiger charge is -2.19. The number of carbonyl (C=O) groups excluding carboxylic acids is 1. The normalized spacial score (nSPS) is 11.6. The molecule has 140 valence electrons. The molecular weight excluding hydrogens is 355 g/mol. The topological polar surface area (TPSA) is 66.5 Å². The van der Waals surface area contributed by atoms with Gasteiger partial charge in [0.15, 0.2) is 0 Å². The number of benzene rings is 2. The SMILES string of the molecule is CCc1cccc(CC)c1NC(=O)CN(C)S(=O)(=O)c1ccc(F)cc1. The number of amides is 1. The van der Waals surface area contributed by atoms with Crippen LogP contribution < -0.4 is 5.32 Å². The fourth-order valence-corrected chi connectivity index (χ4v) is 3.78. The summed E-state index contributed by atoms with van der Waals surface area (Å²) >= 11 is 0. The molecule has 0 aliphatic carbocycles. The van der Waals surface area contributed by atoms with Gasteiger partial charge in [-0.2, -0.15) is 4.31 Å². The van der Waals surface area contributed by atoms with Crippen molar-refractivity contribution in [2.24, 2.45) is 0 Å². The average Bonchev–Trinajstić information content (AvgIpc) is 2.62. The molecule has 0 saturated heterocycles. The van der Waals surface area contributed by atoms with Gasteiger partial charge in [-0.3, -0.25) is 4.79 Å². The van der Waals surface area contributed by atoms with E-state index in [1.165, 1.54) is 19.2 Å². The Hall–Kier alpha value is -2.25. The molecule has 0 unspecified atom stereocenters. The summed E-state index contributed by atoms with van der Waals surface area (Å²) in [5, 5.41) is 2.84. The summed E-state index contributed by atoms with van der Waals surface area (Å²) in [6, 6.07) is 10.3. The van der Waals surface area contributed by atoms with Crippen molar-refractivity contribution in [1.29, 1.82) is 0 Å². The first-order valence-electron chi connectivity index (χ1n) is 8.42. The Balaban J connectivity index is 2.16. The number of anilines is 1. The number of rotatable bonds is 7. The molecule has 0 fully saturated rings. The van der Waals surface area contributed by atoms with Gasteiger partial charge in [-0.25, -0.2) is 12.8 Å². The highest BCUT2D eigenvalue weighted by Gasteiger charge is 2.23. The first kappa shape index (κ1) is 20.1. The Morgan fingerprint density at radius 3 is 2.08 bits per heavy atom. The minimum absolute atomic E-state index is 0.0580. The number of hydrogen-bond donors (Lipinski definition) is 1. The monoisotopic (exact) mass is 378 g/mol. The van der Waals surface area contributed by atoms with E-state index in [1.54, 1.807) is 0 Å². The van der Waals surface area contributed by atoms with Crippen LogP contribution in [0.5, 0.6) is 0 Å². The molecule has 1 N–H and O–H groups in total. The molecule has 1 amide bonds. The molecule has 0 spiro atoms. The number of likely N-dealkylation sites (N-methyl/N-ethyl adjacent to an activating group) is 1. The van der Waals surface area contributed by atoms with Crippen molar-refractivity contribution >= 4 is 21.6 Å². The fourth-order valence-electron chi connectivity index (χ4n) is 2.66. The predicted octanol–water partition coefficient (Wildman–Crippen LogP) is 3.21. The van der Waals surface area contributed by atoms with Crippen LogP contribution in [0.1, 0.15) is 25.0 Å². The van der Waals surface area contributed by atoms with Gasteiger partial charge in [-0.05, 0) is 48.2 Å². The van der Waals surface area contributed by atoms with E-state index in [-0.39, 0.29) is 11.4 Å². The highest BCUT2D eigenvalue weighted by molar-refractivity contribution is 7.89.